The third-order valence-corrected chi connectivity index (χ3v) is 7.42. The molecule has 0 bridgehead atoms. The van der Waals surface area contributed by atoms with Gasteiger partial charge in [0.1, 0.15) is 11.5 Å². The van der Waals surface area contributed by atoms with Gasteiger partial charge in [0.25, 0.3) is 0 Å². The average molecular weight is 536 g/mol. The smallest absolute Gasteiger partial charge is 0.122 e. The molecule has 0 fully saturated rings. The Morgan fingerprint density at radius 3 is 1.56 bits per heavy atom. The molecule has 0 heterocycles. The molecule has 0 aliphatic carbocycles. The minimum atomic E-state index is 0.797. The van der Waals surface area contributed by atoms with E-state index < -0.39 is 0 Å². The second kappa shape index (κ2) is 22.5. The van der Waals surface area contributed by atoms with Crippen molar-refractivity contribution in [1.29, 1.82) is 0 Å². The number of benzene rings is 2. The van der Waals surface area contributed by atoms with Crippen LogP contribution < -0.4 is 9.47 Å². The molecule has 0 amide bonds. The molecular formula is C36H57NO2. The van der Waals surface area contributed by atoms with Gasteiger partial charge in [0.05, 0.1) is 18.9 Å². The summed E-state index contributed by atoms with van der Waals surface area (Å²) in [7, 11) is 0. The van der Waals surface area contributed by atoms with Crippen LogP contribution in [0, 0.1) is 6.92 Å². The van der Waals surface area contributed by atoms with Gasteiger partial charge in [0.2, 0.25) is 0 Å². The number of unbranched alkanes of at least 4 members (excludes halogenated alkanes) is 16. The highest BCUT2D eigenvalue weighted by atomic mass is 16.5. The molecule has 218 valence electrons. The number of hydrogen-bond donors (Lipinski definition) is 0. The number of rotatable bonds is 24. The first kappa shape index (κ1) is 32.9. The normalized spacial score (nSPS) is 11.4. The minimum absolute atomic E-state index is 0.797. The predicted octanol–water partition coefficient (Wildman–Crippen LogP) is 11.6. The van der Waals surface area contributed by atoms with Crippen molar-refractivity contribution in [2.24, 2.45) is 4.99 Å². The Balaban J connectivity index is 1.58. The molecule has 2 aromatic carbocycles. The molecule has 39 heavy (non-hydrogen) atoms. The first-order valence-corrected chi connectivity index (χ1v) is 16.2. The van der Waals surface area contributed by atoms with Crippen molar-refractivity contribution in [3.05, 3.63) is 53.6 Å². The highest BCUT2D eigenvalue weighted by Gasteiger charge is 2.02. The van der Waals surface area contributed by atoms with Crippen molar-refractivity contribution in [2.75, 3.05) is 13.2 Å². The molecule has 3 heteroatoms. The van der Waals surface area contributed by atoms with Gasteiger partial charge in [-0.1, -0.05) is 117 Å². The zero-order chi connectivity index (χ0) is 27.8. The summed E-state index contributed by atoms with van der Waals surface area (Å²) < 4.78 is 12.0. The van der Waals surface area contributed by atoms with Crippen LogP contribution >= 0.6 is 0 Å². The van der Waals surface area contributed by atoms with Crippen molar-refractivity contribution >= 4 is 11.9 Å². The van der Waals surface area contributed by atoms with E-state index in [0.29, 0.717) is 0 Å². The lowest BCUT2D eigenvalue weighted by molar-refractivity contribution is 0.302. The maximum Gasteiger partial charge on any atom is 0.122 e. The lowest BCUT2D eigenvalue weighted by Crippen LogP contribution is -1.99. The zero-order valence-electron chi connectivity index (χ0n) is 25.5. The van der Waals surface area contributed by atoms with Crippen LogP contribution in [0.25, 0.3) is 0 Å². The molecule has 3 nitrogen and oxygen atoms in total. The number of aliphatic imine (C=N–C) groups is 1. The molecule has 0 radical (unpaired) electrons. The summed E-state index contributed by atoms with van der Waals surface area (Å²) in [5, 5.41) is 0. The molecule has 0 atom stereocenters. The fraction of sp³-hybridized carbons (Fsp3) is 0.639. The van der Waals surface area contributed by atoms with Crippen molar-refractivity contribution < 1.29 is 9.47 Å². The summed E-state index contributed by atoms with van der Waals surface area (Å²) in [6.45, 7) is 8.26. The Morgan fingerprint density at radius 1 is 0.564 bits per heavy atom. The Kier molecular flexibility index (Phi) is 19.0. The summed E-state index contributed by atoms with van der Waals surface area (Å²) in [6.07, 6.45) is 25.9. The van der Waals surface area contributed by atoms with E-state index in [-0.39, 0.29) is 0 Å². The summed E-state index contributed by atoms with van der Waals surface area (Å²) in [5.74, 6) is 1.91. The molecular weight excluding hydrogens is 478 g/mol. The van der Waals surface area contributed by atoms with Gasteiger partial charge in [-0.05, 0) is 73.4 Å². The molecule has 0 spiro atoms. The number of ether oxygens (including phenoxy) is 2. The van der Waals surface area contributed by atoms with Crippen LogP contribution in [-0.2, 0) is 0 Å². The Hall–Kier alpha value is -2.29. The monoisotopic (exact) mass is 535 g/mol. The fourth-order valence-corrected chi connectivity index (χ4v) is 4.89. The highest BCUT2D eigenvalue weighted by Crippen LogP contribution is 2.21. The number of aryl methyl sites for hydroxylation is 1. The van der Waals surface area contributed by atoms with Gasteiger partial charge < -0.3 is 9.47 Å². The van der Waals surface area contributed by atoms with Gasteiger partial charge in [-0.2, -0.15) is 0 Å². The van der Waals surface area contributed by atoms with Crippen molar-refractivity contribution in [2.45, 2.75) is 136 Å². The Labute approximate surface area is 240 Å². The van der Waals surface area contributed by atoms with E-state index in [0.717, 1.165) is 54.4 Å². The topological polar surface area (TPSA) is 30.8 Å². The van der Waals surface area contributed by atoms with E-state index in [1.165, 1.54) is 103 Å². The fourth-order valence-electron chi connectivity index (χ4n) is 4.89. The molecule has 2 rings (SSSR count). The van der Waals surface area contributed by atoms with Crippen LogP contribution in [-0.4, -0.2) is 19.4 Å². The first-order valence-electron chi connectivity index (χ1n) is 16.2. The summed E-state index contributed by atoms with van der Waals surface area (Å²) in [4.78, 5) is 4.65. The Morgan fingerprint density at radius 2 is 1.05 bits per heavy atom. The van der Waals surface area contributed by atoms with E-state index in [2.05, 4.69) is 44.0 Å². The SMILES string of the molecule is CCCCCCCCCCCOc1ccc(N=Cc2ccc(OCCCCCCCCCCC)c(C)c2)cc1. The molecule has 2 aromatic rings. The lowest BCUT2D eigenvalue weighted by atomic mass is 10.1. The van der Waals surface area contributed by atoms with E-state index >= 15 is 0 Å². The zero-order valence-corrected chi connectivity index (χ0v) is 25.5. The van der Waals surface area contributed by atoms with Gasteiger partial charge in [0.15, 0.2) is 0 Å². The van der Waals surface area contributed by atoms with Gasteiger partial charge in [0, 0.05) is 6.21 Å². The Bertz CT molecular complexity index is 874. The van der Waals surface area contributed by atoms with Gasteiger partial charge >= 0.3 is 0 Å². The van der Waals surface area contributed by atoms with Crippen molar-refractivity contribution in [3.63, 3.8) is 0 Å². The molecule has 0 aliphatic rings. The predicted molar refractivity (Wildman–Crippen MR) is 170 cm³/mol. The van der Waals surface area contributed by atoms with Crippen LogP contribution in [0.3, 0.4) is 0 Å². The van der Waals surface area contributed by atoms with Crippen molar-refractivity contribution in [3.8, 4) is 11.5 Å². The highest BCUT2D eigenvalue weighted by molar-refractivity contribution is 5.82. The number of hydrogen-bond acceptors (Lipinski definition) is 3. The van der Waals surface area contributed by atoms with Crippen molar-refractivity contribution in [1.82, 2.24) is 0 Å². The molecule has 0 N–H and O–H groups in total. The third-order valence-electron chi connectivity index (χ3n) is 7.42. The van der Waals surface area contributed by atoms with Crippen LogP contribution in [0.4, 0.5) is 5.69 Å². The van der Waals surface area contributed by atoms with Gasteiger partial charge in [-0.15, -0.1) is 0 Å². The van der Waals surface area contributed by atoms with Crippen LogP contribution in [0.1, 0.15) is 141 Å². The van der Waals surface area contributed by atoms with Crippen LogP contribution in [0.2, 0.25) is 0 Å². The van der Waals surface area contributed by atoms with Gasteiger partial charge in [-0.3, -0.25) is 4.99 Å². The molecule has 0 aromatic heterocycles. The second-order valence-electron chi connectivity index (χ2n) is 11.1. The average Bonchev–Trinajstić information content (AvgIpc) is 2.95. The quantitative estimate of drug-likeness (QED) is 0.0988. The lowest BCUT2D eigenvalue weighted by Gasteiger charge is -2.10. The largest absolute Gasteiger partial charge is 0.494 e. The molecule has 0 unspecified atom stereocenters. The standard InChI is InChI=1S/C36H57NO2/c1-4-6-8-10-12-14-16-18-20-28-38-35-25-23-34(24-26-35)37-31-33-22-27-36(32(3)30-33)39-29-21-19-17-15-13-11-9-7-5-2/h22-27,30-31H,4-21,28-29H2,1-3H3. The maximum absolute atomic E-state index is 6.05. The van der Waals surface area contributed by atoms with E-state index in [4.69, 9.17) is 9.47 Å². The van der Waals surface area contributed by atoms with E-state index in [1.807, 2.05) is 30.5 Å². The van der Waals surface area contributed by atoms with E-state index in [1.54, 1.807) is 0 Å². The summed E-state index contributed by atoms with van der Waals surface area (Å²) in [5.41, 5.74) is 3.19. The molecule has 0 saturated heterocycles. The molecule has 0 saturated carbocycles. The van der Waals surface area contributed by atoms with Crippen LogP contribution in [0.5, 0.6) is 11.5 Å². The summed E-state index contributed by atoms with van der Waals surface area (Å²) >= 11 is 0. The van der Waals surface area contributed by atoms with Crippen LogP contribution in [0.15, 0.2) is 47.5 Å². The third kappa shape index (κ3) is 16.4. The second-order valence-corrected chi connectivity index (χ2v) is 11.1. The minimum Gasteiger partial charge on any atom is -0.494 e. The van der Waals surface area contributed by atoms with E-state index in [9.17, 15) is 0 Å². The van der Waals surface area contributed by atoms with Gasteiger partial charge in [-0.25, -0.2) is 0 Å². The summed E-state index contributed by atoms with van der Waals surface area (Å²) in [6, 6.07) is 14.4. The first-order chi connectivity index (χ1) is 19.2. The maximum atomic E-state index is 6.05. The number of nitrogens with zero attached hydrogens (tertiary/aromatic N) is 1. The molecule has 0 aliphatic heterocycles.